The number of aromatic nitrogens is 1. The maximum absolute atomic E-state index is 13.4. The van der Waals surface area contributed by atoms with E-state index in [0.29, 0.717) is 58.7 Å². The molecule has 1 aliphatic heterocycles. The second-order valence-corrected chi connectivity index (χ2v) is 8.15. The van der Waals surface area contributed by atoms with E-state index >= 15 is 0 Å². The topological polar surface area (TPSA) is 92.5 Å². The van der Waals surface area contributed by atoms with Gasteiger partial charge in [-0.15, -0.1) is 0 Å². The highest BCUT2D eigenvalue weighted by Crippen LogP contribution is 2.41. The predicted molar refractivity (Wildman–Crippen MR) is 128 cm³/mol. The molecule has 1 saturated heterocycles. The van der Waals surface area contributed by atoms with Crippen LogP contribution in [-0.2, 0) is 11.3 Å². The first-order valence-electron chi connectivity index (χ1n) is 11.4. The molecule has 35 heavy (non-hydrogen) atoms. The van der Waals surface area contributed by atoms with Crippen LogP contribution in [0.4, 0.5) is 0 Å². The number of rotatable bonds is 10. The van der Waals surface area contributed by atoms with E-state index in [-0.39, 0.29) is 18.6 Å². The third-order valence-corrected chi connectivity index (χ3v) is 5.91. The van der Waals surface area contributed by atoms with Crippen LogP contribution in [0.1, 0.15) is 28.9 Å². The predicted octanol–water partition coefficient (Wildman–Crippen LogP) is 4.20. The average molecular weight is 483 g/mol. The zero-order valence-corrected chi connectivity index (χ0v) is 20.4. The van der Waals surface area contributed by atoms with Crippen molar-refractivity contribution in [2.24, 2.45) is 0 Å². The lowest BCUT2D eigenvalue weighted by Crippen LogP contribution is -2.37. The van der Waals surface area contributed by atoms with Gasteiger partial charge in [0.2, 0.25) is 5.75 Å². The summed E-state index contributed by atoms with van der Waals surface area (Å²) in [5.41, 5.74) is 1.86. The summed E-state index contributed by atoms with van der Waals surface area (Å²) < 4.78 is 33.0. The number of carbonyl (C=O) groups excluding carboxylic acids is 1. The molecule has 0 saturated carbocycles. The summed E-state index contributed by atoms with van der Waals surface area (Å²) >= 11 is 0. The van der Waals surface area contributed by atoms with Gasteiger partial charge >= 0.3 is 0 Å². The Bertz CT molecular complexity index is 1130. The van der Waals surface area contributed by atoms with Crippen molar-refractivity contribution >= 4 is 5.91 Å². The molecule has 9 nitrogen and oxygen atoms in total. The molecule has 0 N–H and O–H groups in total. The van der Waals surface area contributed by atoms with Gasteiger partial charge in [-0.25, -0.2) is 0 Å². The second-order valence-electron chi connectivity index (χ2n) is 8.15. The van der Waals surface area contributed by atoms with E-state index in [4.69, 9.17) is 28.2 Å². The molecule has 2 aromatic carbocycles. The Labute approximate surface area is 204 Å². The van der Waals surface area contributed by atoms with Gasteiger partial charge in [0, 0.05) is 30.3 Å². The smallest absolute Gasteiger partial charge is 0.254 e. The van der Waals surface area contributed by atoms with Crippen molar-refractivity contribution in [2.75, 3.05) is 41.6 Å². The molecular weight excluding hydrogens is 452 g/mol. The van der Waals surface area contributed by atoms with Gasteiger partial charge in [-0.3, -0.25) is 4.79 Å². The minimum atomic E-state index is -0.128. The normalized spacial score (nSPS) is 15.0. The molecule has 1 fully saturated rings. The van der Waals surface area contributed by atoms with Crippen molar-refractivity contribution < 1.29 is 33.0 Å². The van der Waals surface area contributed by atoms with E-state index in [0.717, 1.165) is 12.8 Å². The number of hydrogen-bond donors (Lipinski definition) is 0. The SMILES string of the molecule is COc1cccc(C(=O)N(Cc2cc(-c3cc(OC)c(OC)c(OC)c3)on2)C[C@H]2CCCO2)c1. The Hall–Kier alpha value is -3.72. The number of ether oxygens (including phenoxy) is 5. The van der Waals surface area contributed by atoms with Crippen LogP contribution in [0.3, 0.4) is 0 Å². The number of methoxy groups -OCH3 is 4. The zero-order valence-electron chi connectivity index (χ0n) is 20.4. The molecule has 9 heteroatoms. The van der Waals surface area contributed by atoms with Crippen LogP contribution in [0.5, 0.6) is 23.0 Å². The largest absolute Gasteiger partial charge is 0.497 e. The standard InChI is InChI=1S/C26H30N2O7/c1-30-20-8-5-7-17(11-20)26(29)28(16-21-9-6-10-34-21)15-19-14-22(35-27-19)18-12-23(31-2)25(33-4)24(13-18)32-3/h5,7-8,11-14,21H,6,9-10,15-16H2,1-4H3/t21-/m1/s1. The van der Waals surface area contributed by atoms with Crippen molar-refractivity contribution in [1.29, 1.82) is 0 Å². The zero-order chi connectivity index (χ0) is 24.8. The fraction of sp³-hybridized carbons (Fsp3) is 0.385. The number of benzene rings is 2. The van der Waals surface area contributed by atoms with Crippen molar-refractivity contribution in [3.8, 4) is 34.3 Å². The van der Waals surface area contributed by atoms with Gasteiger partial charge in [-0.1, -0.05) is 11.2 Å². The number of carbonyl (C=O) groups is 1. The fourth-order valence-corrected chi connectivity index (χ4v) is 4.13. The second kappa shape index (κ2) is 11.1. The highest BCUT2D eigenvalue weighted by molar-refractivity contribution is 5.94. The van der Waals surface area contributed by atoms with Gasteiger partial charge in [0.25, 0.3) is 5.91 Å². The van der Waals surface area contributed by atoms with Crippen LogP contribution in [0, 0.1) is 0 Å². The summed E-state index contributed by atoms with van der Waals surface area (Å²) in [4.78, 5) is 15.2. The monoisotopic (exact) mass is 482 g/mol. The van der Waals surface area contributed by atoms with Crippen LogP contribution < -0.4 is 18.9 Å². The number of hydrogen-bond acceptors (Lipinski definition) is 8. The molecule has 186 valence electrons. The molecule has 0 spiro atoms. The van der Waals surface area contributed by atoms with E-state index in [1.165, 1.54) is 0 Å². The molecule has 3 aromatic rings. The van der Waals surface area contributed by atoms with Gasteiger partial charge in [0.05, 0.1) is 41.1 Å². The van der Waals surface area contributed by atoms with Crippen LogP contribution in [0.15, 0.2) is 47.0 Å². The minimum Gasteiger partial charge on any atom is -0.497 e. The van der Waals surface area contributed by atoms with Gasteiger partial charge in [0.15, 0.2) is 17.3 Å². The lowest BCUT2D eigenvalue weighted by Gasteiger charge is -2.25. The van der Waals surface area contributed by atoms with E-state index in [9.17, 15) is 4.79 Å². The van der Waals surface area contributed by atoms with Gasteiger partial charge in [-0.2, -0.15) is 0 Å². The van der Waals surface area contributed by atoms with Crippen molar-refractivity contribution in [2.45, 2.75) is 25.5 Å². The first-order chi connectivity index (χ1) is 17.1. The first kappa shape index (κ1) is 24.4. The van der Waals surface area contributed by atoms with Crippen LogP contribution in [0.2, 0.25) is 0 Å². The van der Waals surface area contributed by atoms with Gasteiger partial charge < -0.3 is 33.1 Å². The number of nitrogens with zero attached hydrogens (tertiary/aromatic N) is 2. The summed E-state index contributed by atoms with van der Waals surface area (Å²) in [7, 11) is 6.24. The van der Waals surface area contributed by atoms with E-state index in [1.807, 2.05) is 12.1 Å². The third kappa shape index (κ3) is 5.51. The molecule has 0 aliphatic carbocycles. The molecule has 4 rings (SSSR count). The lowest BCUT2D eigenvalue weighted by atomic mass is 10.1. The van der Waals surface area contributed by atoms with Crippen molar-refractivity contribution in [3.63, 3.8) is 0 Å². The number of amides is 1. The summed E-state index contributed by atoms with van der Waals surface area (Å²) in [5, 5.41) is 4.22. The molecule has 0 bridgehead atoms. The maximum Gasteiger partial charge on any atom is 0.254 e. The maximum atomic E-state index is 13.4. The van der Waals surface area contributed by atoms with E-state index in [2.05, 4.69) is 5.16 Å². The molecule has 1 aliphatic rings. The lowest BCUT2D eigenvalue weighted by molar-refractivity contribution is 0.0502. The Balaban J connectivity index is 1.60. The minimum absolute atomic E-state index is 0.00830. The molecule has 2 heterocycles. The Morgan fingerprint density at radius 1 is 1.03 bits per heavy atom. The molecule has 0 unspecified atom stereocenters. The summed E-state index contributed by atoms with van der Waals surface area (Å²) in [6.07, 6.45) is 1.89. The highest BCUT2D eigenvalue weighted by atomic mass is 16.5. The fourth-order valence-electron chi connectivity index (χ4n) is 4.13. The highest BCUT2D eigenvalue weighted by Gasteiger charge is 2.25. The van der Waals surface area contributed by atoms with E-state index in [1.54, 1.807) is 63.7 Å². The van der Waals surface area contributed by atoms with Gasteiger partial charge in [-0.05, 0) is 43.2 Å². The molecule has 1 amide bonds. The van der Waals surface area contributed by atoms with Crippen molar-refractivity contribution in [3.05, 3.63) is 53.7 Å². The average Bonchev–Trinajstić information content (AvgIpc) is 3.59. The van der Waals surface area contributed by atoms with Crippen molar-refractivity contribution in [1.82, 2.24) is 10.1 Å². The molecular formula is C26H30N2O7. The molecule has 1 aromatic heterocycles. The Morgan fingerprint density at radius 2 is 1.80 bits per heavy atom. The van der Waals surface area contributed by atoms with Crippen LogP contribution >= 0.6 is 0 Å². The summed E-state index contributed by atoms with van der Waals surface area (Å²) in [6.45, 7) is 1.44. The third-order valence-electron chi connectivity index (χ3n) is 5.91. The van der Waals surface area contributed by atoms with Crippen LogP contribution in [0.25, 0.3) is 11.3 Å². The van der Waals surface area contributed by atoms with Crippen LogP contribution in [-0.4, -0.2) is 63.7 Å². The van der Waals surface area contributed by atoms with E-state index < -0.39 is 0 Å². The molecule has 0 radical (unpaired) electrons. The first-order valence-corrected chi connectivity index (χ1v) is 11.4. The Kier molecular flexibility index (Phi) is 7.77. The van der Waals surface area contributed by atoms with Gasteiger partial charge in [0.1, 0.15) is 11.4 Å². The summed E-state index contributed by atoms with van der Waals surface area (Å²) in [6, 6.07) is 12.5. The quantitative estimate of drug-likeness (QED) is 0.425. The Morgan fingerprint density at radius 3 is 2.43 bits per heavy atom. The molecule has 1 atom stereocenters. The summed E-state index contributed by atoms with van der Waals surface area (Å²) in [5.74, 6) is 2.52.